The van der Waals surface area contributed by atoms with E-state index in [1.54, 1.807) is 0 Å². The van der Waals surface area contributed by atoms with Crippen LogP contribution in [0.5, 0.6) is 5.75 Å². The van der Waals surface area contributed by atoms with Crippen LogP contribution < -0.4 is 10.5 Å². The van der Waals surface area contributed by atoms with Crippen molar-refractivity contribution in [3.63, 3.8) is 0 Å². The number of hydrogen-bond donors (Lipinski definition) is 2. The number of fused-ring (bicyclic) bond motifs is 1. The molecule has 3 heteroatoms. The molecule has 0 saturated heterocycles. The molecule has 1 aromatic rings. The Hall–Kier alpha value is -1.06. The molecule has 1 heterocycles. The van der Waals surface area contributed by atoms with Gasteiger partial charge in [-0.15, -0.1) is 0 Å². The van der Waals surface area contributed by atoms with Crippen LogP contribution >= 0.6 is 0 Å². The summed E-state index contributed by atoms with van der Waals surface area (Å²) >= 11 is 0. The zero-order valence-electron chi connectivity index (χ0n) is 7.31. The first-order valence-electron chi connectivity index (χ1n) is 4.45. The van der Waals surface area contributed by atoms with Crippen molar-refractivity contribution in [1.82, 2.24) is 0 Å². The van der Waals surface area contributed by atoms with Crippen molar-refractivity contribution in [1.29, 1.82) is 0 Å². The Morgan fingerprint density at radius 1 is 1.46 bits per heavy atom. The molecule has 0 saturated carbocycles. The fraction of sp³-hybridized carbons (Fsp3) is 0.400. The van der Waals surface area contributed by atoms with Gasteiger partial charge in [0.15, 0.2) is 0 Å². The molecule has 0 fully saturated rings. The van der Waals surface area contributed by atoms with Gasteiger partial charge >= 0.3 is 0 Å². The maximum absolute atomic E-state index is 9.73. The minimum Gasteiger partial charge on any atom is -0.489 e. The second-order valence-corrected chi connectivity index (χ2v) is 3.26. The zero-order chi connectivity index (χ0) is 9.26. The van der Waals surface area contributed by atoms with E-state index in [1.807, 2.05) is 24.3 Å². The number of hydrogen-bond acceptors (Lipinski definition) is 3. The lowest BCUT2D eigenvalue weighted by Crippen LogP contribution is -2.32. The predicted octanol–water partition coefficient (Wildman–Crippen LogP) is 0.830. The van der Waals surface area contributed by atoms with Crippen molar-refractivity contribution < 1.29 is 9.84 Å². The molecule has 2 rings (SSSR count). The number of ether oxygens (including phenoxy) is 1. The molecule has 1 aromatic carbocycles. The van der Waals surface area contributed by atoms with E-state index in [2.05, 4.69) is 0 Å². The Bertz CT molecular complexity index is 301. The molecule has 2 unspecified atom stereocenters. The number of nitrogens with two attached hydrogens (primary N) is 1. The van der Waals surface area contributed by atoms with Gasteiger partial charge < -0.3 is 15.6 Å². The molecule has 13 heavy (non-hydrogen) atoms. The molecule has 0 bridgehead atoms. The van der Waals surface area contributed by atoms with Crippen molar-refractivity contribution in [2.24, 2.45) is 5.73 Å². The normalized spacial score (nSPS) is 26.3. The molecule has 0 spiro atoms. The smallest absolute Gasteiger partial charge is 0.125 e. The highest BCUT2D eigenvalue weighted by Gasteiger charge is 2.25. The summed E-state index contributed by atoms with van der Waals surface area (Å²) in [5.74, 6) is 0.761. The predicted molar refractivity (Wildman–Crippen MR) is 49.5 cm³/mol. The second-order valence-electron chi connectivity index (χ2n) is 3.26. The van der Waals surface area contributed by atoms with Crippen LogP contribution in [0.25, 0.3) is 0 Å². The average molecular weight is 179 g/mol. The lowest BCUT2D eigenvalue weighted by atomic mass is 9.99. The van der Waals surface area contributed by atoms with Crippen LogP contribution in [0, 0.1) is 0 Å². The first-order valence-corrected chi connectivity index (χ1v) is 4.45. The van der Waals surface area contributed by atoms with E-state index in [9.17, 15) is 5.11 Å². The summed E-state index contributed by atoms with van der Waals surface area (Å²) in [5, 5.41) is 9.73. The van der Waals surface area contributed by atoms with Gasteiger partial charge in [0.05, 0.1) is 6.10 Å². The van der Waals surface area contributed by atoms with E-state index in [0.717, 1.165) is 11.3 Å². The standard InChI is InChI=1S/C10H13NO2/c11-6-7-5-9(12)8-3-1-2-4-10(8)13-7/h1-4,7,9,12H,5-6,11H2. The fourth-order valence-electron chi connectivity index (χ4n) is 1.61. The van der Waals surface area contributed by atoms with Crippen molar-refractivity contribution in [2.75, 3.05) is 6.54 Å². The first kappa shape index (κ1) is 8.53. The van der Waals surface area contributed by atoms with Gasteiger partial charge in [-0.25, -0.2) is 0 Å². The Labute approximate surface area is 77.1 Å². The van der Waals surface area contributed by atoms with E-state index in [-0.39, 0.29) is 6.10 Å². The van der Waals surface area contributed by atoms with Gasteiger partial charge in [-0.2, -0.15) is 0 Å². The highest BCUT2D eigenvalue weighted by molar-refractivity contribution is 5.36. The molecule has 3 nitrogen and oxygen atoms in total. The third-order valence-electron chi connectivity index (χ3n) is 2.32. The molecule has 0 aliphatic carbocycles. The van der Waals surface area contributed by atoms with Gasteiger partial charge in [0.1, 0.15) is 11.9 Å². The quantitative estimate of drug-likeness (QED) is 0.671. The number of rotatable bonds is 1. The van der Waals surface area contributed by atoms with Crippen LogP contribution in [-0.2, 0) is 0 Å². The Morgan fingerprint density at radius 3 is 3.00 bits per heavy atom. The van der Waals surface area contributed by atoms with Crippen LogP contribution in [0.2, 0.25) is 0 Å². The summed E-state index contributed by atoms with van der Waals surface area (Å²) < 4.78 is 5.57. The van der Waals surface area contributed by atoms with Gasteiger partial charge in [0, 0.05) is 18.5 Å². The van der Waals surface area contributed by atoms with Crippen LogP contribution in [0.15, 0.2) is 24.3 Å². The maximum atomic E-state index is 9.73. The third-order valence-corrected chi connectivity index (χ3v) is 2.32. The molecule has 1 aliphatic heterocycles. The van der Waals surface area contributed by atoms with Crippen LogP contribution in [-0.4, -0.2) is 17.8 Å². The van der Waals surface area contributed by atoms with Crippen LogP contribution in [0.3, 0.4) is 0 Å². The lowest BCUT2D eigenvalue weighted by molar-refractivity contribution is 0.0701. The van der Waals surface area contributed by atoms with Crippen molar-refractivity contribution in [3.8, 4) is 5.75 Å². The topological polar surface area (TPSA) is 55.5 Å². The van der Waals surface area contributed by atoms with Crippen LogP contribution in [0.1, 0.15) is 18.1 Å². The van der Waals surface area contributed by atoms with Gasteiger partial charge in [0.2, 0.25) is 0 Å². The van der Waals surface area contributed by atoms with E-state index >= 15 is 0 Å². The highest BCUT2D eigenvalue weighted by Crippen LogP contribution is 2.33. The Morgan fingerprint density at radius 2 is 2.23 bits per heavy atom. The van der Waals surface area contributed by atoms with E-state index in [4.69, 9.17) is 10.5 Å². The number of aliphatic hydroxyl groups is 1. The summed E-state index contributed by atoms with van der Waals surface area (Å²) in [6, 6.07) is 7.53. The molecule has 1 aliphatic rings. The van der Waals surface area contributed by atoms with Crippen molar-refractivity contribution in [2.45, 2.75) is 18.6 Å². The molecular formula is C10H13NO2. The minimum atomic E-state index is -0.432. The molecule has 70 valence electrons. The maximum Gasteiger partial charge on any atom is 0.125 e. The Kier molecular flexibility index (Phi) is 2.20. The summed E-state index contributed by atoms with van der Waals surface area (Å²) in [6.07, 6.45) is 0.108. The number of benzene rings is 1. The van der Waals surface area contributed by atoms with Crippen LogP contribution in [0.4, 0.5) is 0 Å². The monoisotopic (exact) mass is 179 g/mol. The molecule has 0 amide bonds. The minimum absolute atomic E-state index is 0.0510. The molecule has 0 aromatic heterocycles. The largest absolute Gasteiger partial charge is 0.489 e. The van der Waals surface area contributed by atoms with E-state index in [0.29, 0.717) is 13.0 Å². The highest BCUT2D eigenvalue weighted by atomic mass is 16.5. The lowest BCUT2D eigenvalue weighted by Gasteiger charge is -2.28. The van der Waals surface area contributed by atoms with E-state index < -0.39 is 6.10 Å². The van der Waals surface area contributed by atoms with Gasteiger partial charge in [0.25, 0.3) is 0 Å². The summed E-state index contributed by atoms with van der Waals surface area (Å²) in [4.78, 5) is 0. The average Bonchev–Trinajstić information content (AvgIpc) is 2.18. The molecule has 0 radical (unpaired) electrons. The summed E-state index contributed by atoms with van der Waals surface area (Å²) in [5.41, 5.74) is 6.35. The van der Waals surface area contributed by atoms with Gasteiger partial charge in [-0.1, -0.05) is 18.2 Å². The van der Waals surface area contributed by atoms with Crippen molar-refractivity contribution in [3.05, 3.63) is 29.8 Å². The molecule has 2 atom stereocenters. The summed E-state index contributed by atoms with van der Waals surface area (Å²) in [6.45, 7) is 0.450. The zero-order valence-corrected chi connectivity index (χ0v) is 7.31. The molecule has 3 N–H and O–H groups in total. The second kappa shape index (κ2) is 3.36. The number of aliphatic hydroxyl groups excluding tert-OH is 1. The summed E-state index contributed by atoms with van der Waals surface area (Å²) in [7, 11) is 0. The van der Waals surface area contributed by atoms with Gasteiger partial charge in [-0.3, -0.25) is 0 Å². The fourth-order valence-corrected chi connectivity index (χ4v) is 1.61. The number of para-hydroxylation sites is 1. The first-order chi connectivity index (χ1) is 6.31. The molecular weight excluding hydrogens is 166 g/mol. The third kappa shape index (κ3) is 1.53. The Balaban J connectivity index is 2.31. The van der Waals surface area contributed by atoms with Gasteiger partial charge in [-0.05, 0) is 6.07 Å². The van der Waals surface area contributed by atoms with Crippen molar-refractivity contribution >= 4 is 0 Å². The van der Waals surface area contributed by atoms with E-state index in [1.165, 1.54) is 0 Å². The SMILES string of the molecule is NCC1CC(O)c2ccccc2O1.